The van der Waals surface area contributed by atoms with E-state index in [1.807, 2.05) is 0 Å². The van der Waals surface area contributed by atoms with Gasteiger partial charge in [-0.05, 0) is 17.7 Å². The molecule has 0 aliphatic carbocycles. The first-order valence-electron chi connectivity index (χ1n) is 3.45. The molecule has 0 amide bonds. The molecule has 0 aromatic heterocycles. The fourth-order valence-electron chi connectivity index (χ4n) is 0.831. The van der Waals surface area contributed by atoms with Crippen LogP contribution in [0.2, 0.25) is 10.0 Å². The van der Waals surface area contributed by atoms with Crippen LogP contribution in [0.5, 0.6) is 0 Å². The molecule has 0 saturated carbocycles. The van der Waals surface area contributed by atoms with Crippen molar-refractivity contribution < 1.29 is 8.42 Å². The summed E-state index contributed by atoms with van der Waals surface area (Å²) in [6, 6.07) is 5.02. The molecular formula is C8H6Cl2O2S. The minimum Gasteiger partial charge on any atom is -0.185 e. The Kier molecular flexibility index (Phi) is 3.78. The summed E-state index contributed by atoms with van der Waals surface area (Å²) >= 11 is 11.4. The fraction of sp³-hybridized carbons (Fsp3) is 0.125. The molecule has 0 bridgehead atoms. The zero-order chi connectivity index (χ0) is 9.84. The summed E-state index contributed by atoms with van der Waals surface area (Å²) in [7, 11) is -2.13. The van der Waals surface area contributed by atoms with Crippen molar-refractivity contribution in [2.45, 2.75) is 6.42 Å². The van der Waals surface area contributed by atoms with Gasteiger partial charge in [-0.25, -0.2) is 0 Å². The lowest BCUT2D eigenvalue weighted by Crippen LogP contribution is -1.86. The second-order valence-corrected chi connectivity index (χ2v) is 4.05. The van der Waals surface area contributed by atoms with Gasteiger partial charge in [0.2, 0.25) is 10.3 Å². The summed E-state index contributed by atoms with van der Waals surface area (Å²) in [6.07, 6.45) is 0.340. The summed E-state index contributed by atoms with van der Waals surface area (Å²) in [5, 5.41) is 2.07. The van der Waals surface area contributed by atoms with E-state index in [9.17, 15) is 8.42 Å². The number of benzene rings is 1. The van der Waals surface area contributed by atoms with Crippen LogP contribution in [0.4, 0.5) is 0 Å². The Morgan fingerprint density at radius 2 is 1.92 bits per heavy atom. The number of hydrogen-bond acceptors (Lipinski definition) is 2. The van der Waals surface area contributed by atoms with Crippen LogP contribution in [0.1, 0.15) is 5.56 Å². The molecule has 0 heterocycles. The van der Waals surface area contributed by atoms with Crippen molar-refractivity contribution in [2.75, 3.05) is 0 Å². The Bertz CT molecular complexity index is 429. The lowest BCUT2D eigenvalue weighted by molar-refractivity contribution is 0.627. The van der Waals surface area contributed by atoms with Gasteiger partial charge in [-0.2, -0.15) is 8.42 Å². The highest BCUT2D eigenvalue weighted by Crippen LogP contribution is 2.22. The minimum atomic E-state index is -2.13. The molecular weight excluding hydrogens is 231 g/mol. The second kappa shape index (κ2) is 4.65. The zero-order valence-corrected chi connectivity index (χ0v) is 8.83. The first kappa shape index (κ1) is 10.6. The highest BCUT2D eigenvalue weighted by molar-refractivity contribution is 7.71. The van der Waals surface area contributed by atoms with Gasteiger partial charge in [-0.1, -0.05) is 29.3 Å². The third-order valence-electron chi connectivity index (χ3n) is 1.44. The van der Waals surface area contributed by atoms with Crippen molar-refractivity contribution in [1.82, 2.24) is 0 Å². The van der Waals surface area contributed by atoms with E-state index in [2.05, 4.69) is 0 Å². The van der Waals surface area contributed by atoms with Crippen molar-refractivity contribution in [3.8, 4) is 0 Å². The number of hydrogen-bond donors (Lipinski definition) is 0. The Morgan fingerprint density at radius 1 is 1.23 bits per heavy atom. The van der Waals surface area contributed by atoms with E-state index >= 15 is 0 Å². The number of halogens is 2. The summed E-state index contributed by atoms with van der Waals surface area (Å²) in [6.45, 7) is 0. The molecule has 13 heavy (non-hydrogen) atoms. The van der Waals surface area contributed by atoms with E-state index in [1.54, 1.807) is 18.2 Å². The van der Waals surface area contributed by atoms with E-state index in [-0.39, 0.29) is 0 Å². The lowest BCUT2D eigenvalue weighted by Gasteiger charge is -1.97. The SMILES string of the molecule is O=S(=O)=CCc1ccc(Cl)c(Cl)c1. The summed E-state index contributed by atoms with van der Waals surface area (Å²) in [5.41, 5.74) is 0.818. The molecule has 0 aliphatic heterocycles. The molecule has 70 valence electrons. The van der Waals surface area contributed by atoms with Crippen molar-refractivity contribution in [1.29, 1.82) is 0 Å². The predicted molar refractivity (Wildman–Crippen MR) is 55.1 cm³/mol. The molecule has 1 rings (SSSR count). The van der Waals surface area contributed by atoms with Crippen LogP contribution in [0, 0.1) is 0 Å². The standard InChI is InChI=1S/C8H6Cl2O2S/c9-7-2-1-6(5-8(7)10)3-4-13(11)12/h1-2,4-5H,3H2. The van der Waals surface area contributed by atoms with Gasteiger partial charge in [0.25, 0.3) is 0 Å². The van der Waals surface area contributed by atoms with Crippen LogP contribution < -0.4 is 0 Å². The molecule has 0 fully saturated rings. The van der Waals surface area contributed by atoms with Crippen LogP contribution in [0.15, 0.2) is 18.2 Å². The quantitative estimate of drug-likeness (QED) is 0.739. The summed E-state index contributed by atoms with van der Waals surface area (Å²) in [4.78, 5) is 0. The van der Waals surface area contributed by atoms with E-state index in [4.69, 9.17) is 23.2 Å². The highest BCUT2D eigenvalue weighted by Gasteiger charge is 1.97. The summed E-state index contributed by atoms with van der Waals surface area (Å²) in [5.74, 6) is 0. The molecule has 1 aromatic carbocycles. The van der Waals surface area contributed by atoms with Gasteiger partial charge >= 0.3 is 0 Å². The molecule has 5 heteroatoms. The maximum atomic E-state index is 10.2. The average molecular weight is 237 g/mol. The Morgan fingerprint density at radius 3 is 2.46 bits per heavy atom. The van der Waals surface area contributed by atoms with Gasteiger partial charge in [0.05, 0.1) is 10.0 Å². The molecule has 0 spiro atoms. The smallest absolute Gasteiger partial charge is 0.185 e. The molecule has 0 aliphatic rings. The summed E-state index contributed by atoms with van der Waals surface area (Å²) < 4.78 is 20.4. The fourth-order valence-corrected chi connectivity index (χ4v) is 1.48. The number of rotatable bonds is 2. The first-order chi connectivity index (χ1) is 6.09. The molecule has 0 radical (unpaired) electrons. The minimum absolute atomic E-state index is 0.340. The van der Waals surface area contributed by atoms with Crippen LogP contribution in [-0.2, 0) is 16.7 Å². The Labute approximate surface area is 87.6 Å². The highest BCUT2D eigenvalue weighted by atomic mass is 35.5. The first-order valence-corrected chi connectivity index (χ1v) is 5.34. The zero-order valence-electron chi connectivity index (χ0n) is 6.50. The van der Waals surface area contributed by atoms with E-state index in [1.165, 1.54) is 5.37 Å². The largest absolute Gasteiger partial charge is 0.210 e. The van der Waals surface area contributed by atoms with Crippen molar-refractivity contribution >= 4 is 38.9 Å². The topological polar surface area (TPSA) is 34.1 Å². The van der Waals surface area contributed by atoms with Gasteiger partial charge in [-0.15, -0.1) is 0 Å². The maximum Gasteiger partial charge on any atom is 0.210 e. The van der Waals surface area contributed by atoms with Gasteiger partial charge in [0.1, 0.15) is 0 Å². The van der Waals surface area contributed by atoms with Crippen LogP contribution in [0.25, 0.3) is 0 Å². The molecule has 0 saturated heterocycles. The molecule has 0 N–H and O–H groups in total. The maximum absolute atomic E-state index is 10.2. The third kappa shape index (κ3) is 3.38. The normalized spacial score (nSPS) is 9.69. The van der Waals surface area contributed by atoms with Crippen LogP contribution >= 0.6 is 23.2 Å². The average Bonchev–Trinajstić information content (AvgIpc) is 2.07. The van der Waals surface area contributed by atoms with Crippen molar-refractivity contribution in [3.05, 3.63) is 33.8 Å². The Balaban J connectivity index is 2.92. The monoisotopic (exact) mass is 236 g/mol. The van der Waals surface area contributed by atoms with E-state index in [0.29, 0.717) is 16.5 Å². The second-order valence-electron chi connectivity index (χ2n) is 2.38. The van der Waals surface area contributed by atoms with Gasteiger partial charge in [-0.3, -0.25) is 0 Å². The van der Waals surface area contributed by atoms with Crippen LogP contribution in [0.3, 0.4) is 0 Å². The molecule has 1 aromatic rings. The van der Waals surface area contributed by atoms with Gasteiger partial charge in [0, 0.05) is 11.8 Å². The Hall–Kier alpha value is -0.510. The van der Waals surface area contributed by atoms with Crippen molar-refractivity contribution in [3.63, 3.8) is 0 Å². The van der Waals surface area contributed by atoms with Crippen molar-refractivity contribution in [2.24, 2.45) is 0 Å². The molecule has 0 unspecified atom stereocenters. The molecule has 0 atom stereocenters. The predicted octanol–water partition coefficient (Wildman–Crippen LogP) is 2.22. The molecule has 2 nitrogen and oxygen atoms in total. The third-order valence-corrected chi connectivity index (χ3v) is 2.62. The van der Waals surface area contributed by atoms with Gasteiger partial charge in [0.15, 0.2) is 0 Å². The lowest BCUT2D eigenvalue weighted by atomic mass is 10.2. The van der Waals surface area contributed by atoms with Gasteiger partial charge < -0.3 is 0 Å². The van der Waals surface area contributed by atoms with Crippen LogP contribution in [-0.4, -0.2) is 13.8 Å². The van der Waals surface area contributed by atoms with E-state index in [0.717, 1.165) is 5.56 Å². The van der Waals surface area contributed by atoms with E-state index < -0.39 is 10.3 Å².